The van der Waals surface area contributed by atoms with Crippen LogP contribution in [0.25, 0.3) is 0 Å². The molecule has 0 spiro atoms. The lowest BCUT2D eigenvalue weighted by atomic mass is 9.92. The molecule has 0 fully saturated rings. The van der Waals surface area contributed by atoms with E-state index in [1.807, 2.05) is 27.7 Å². The van der Waals surface area contributed by atoms with Gasteiger partial charge in [0.2, 0.25) is 0 Å². The first-order chi connectivity index (χ1) is 5.40. The Balaban J connectivity index is 3.85. The molecule has 0 aliphatic heterocycles. The summed E-state index contributed by atoms with van der Waals surface area (Å²) in [6, 6.07) is 0.0234. The third-order valence-electron chi connectivity index (χ3n) is 2.26. The van der Waals surface area contributed by atoms with Crippen LogP contribution in [0, 0.1) is 18.3 Å². The van der Waals surface area contributed by atoms with Gasteiger partial charge in [0.25, 0.3) is 0 Å². The Morgan fingerprint density at radius 1 is 1.50 bits per heavy atom. The summed E-state index contributed by atoms with van der Waals surface area (Å²) in [6.07, 6.45) is 5.18. The van der Waals surface area contributed by atoms with Gasteiger partial charge in [-0.05, 0) is 19.8 Å². The summed E-state index contributed by atoms with van der Waals surface area (Å²) in [4.78, 5) is 0. The topological polar surface area (TPSA) is 32.3 Å². The molecule has 0 amide bonds. The van der Waals surface area contributed by atoms with Gasteiger partial charge in [-0.2, -0.15) is 0 Å². The number of rotatable bonds is 4. The van der Waals surface area contributed by atoms with Crippen LogP contribution in [0.5, 0.6) is 0 Å². The summed E-state index contributed by atoms with van der Waals surface area (Å²) in [6.45, 7) is 8.23. The molecule has 70 valence electrons. The second-order valence-electron chi connectivity index (χ2n) is 3.78. The van der Waals surface area contributed by atoms with Gasteiger partial charge in [0.15, 0.2) is 0 Å². The van der Waals surface area contributed by atoms with Gasteiger partial charge in [-0.3, -0.25) is 0 Å². The smallest absolute Gasteiger partial charge is 0.0766 e. The van der Waals surface area contributed by atoms with Crippen molar-refractivity contribution >= 4 is 0 Å². The molecule has 2 N–H and O–H groups in total. The molecule has 0 rings (SSSR count). The van der Waals surface area contributed by atoms with Crippen LogP contribution in [0.3, 0.4) is 0 Å². The summed E-state index contributed by atoms with van der Waals surface area (Å²) in [5.41, 5.74) is -0.675. The minimum atomic E-state index is -0.675. The van der Waals surface area contributed by atoms with Crippen LogP contribution in [0.2, 0.25) is 0 Å². The number of hydrogen-bond donors (Lipinski definition) is 2. The van der Waals surface area contributed by atoms with E-state index in [1.165, 1.54) is 0 Å². The Hall–Kier alpha value is -0.520. The number of hydrogen-bond acceptors (Lipinski definition) is 2. The molecule has 2 unspecified atom stereocenters. The van der Waals surface area contributed by atoms with Gasteiger partial charge >= 0.3 is 0 Å². The number of nitrogens with one attached hydrogen (secondary N) is 1. The Morgan fingerprint density at radius 2 is 2.00 bits per heavy atom. The van der Waals surface area contributed by atoms with Gasteiger partial charge in [0.1, 0.15) is 0 Å². The molecule has 0 aromatic carbocycles. The summed E-state index contributed by atoms with van der Waals surface area (Å²) >= 11 is 0. The second-order valence-corrected chi connectivity index (χ2v) is 3.78. The molecule has 0 aromatic heterocycles. The second kappa shape index (κ2) is 4.49. The molecule has 0 aromatic rings. The molecule has 2 nitrogen and oxygen atoms in total. The van der Waals surface area contributed by atoms with E-state index in [2.05, 4.69) is 11.2 Å². The quantitative estimate of drug-likeness (QED) is 0.615. The zero-order chi connectivity index (χ0) is 9.78. The van der Waals surface area contributed by atoms with Gasteiger partial charge in [-0.1, -0.05) is 19.8 Å². The van der Waals surface area contributed by atoms with Gasteiger partial charge in [-0.25, -0.2) is 0 Å². The van der Waals surface area contributed by atoms with E-state index in [9.17, 15) is 5.11 Å². The molecular formula is C10H19NO. The van der Waals surface area contributed by atoms with Crippen molar-refractivity contribution < 1.29 is 5.11 Å². The minimum Gasteiger partial charge on any atom is -0.389 e. The lowest BCUT2D eigenvalue weighted by Crippen LogP contribution is -2.44. The normalized spacial score (nSPS) is 18.4. The van der Waals surface area contributed by atoms with E-state index in [0.29, 0.717) is 6.54 Å². The average Bonchev–Trinajstić information content (AvgIpc) is 2.00. The fourth-order valence-electron chi connectivity index (χ4n) is 0.623. The molecular weight excluding hydrogens is 150 g/mol. The molecule has 12 heavy (non-hydrogen) atoms. The van der Waals surface area contributed by atoms with E-state index in [4.69, 9.17) is 6.42 Å². The Kier molecular flexibility index (Phi) is 4.30. The van der Waals surface area contributed by atoms with Crippen LogP contribution in [-0.4, -0.2) is 23.3 Å². The van der Waals surface area contributed by atoms with Crippen molar-refractivity contribution in [3.05, 3.63) is 0 Å². The summed E-state index contributed by atoms with van der Waals surface area (Å²) < 4.78 is 0. The van der Waals surface area contributed by atoms with Crippen LogP contribution >= 0.6 is 0 Å². The van der Waals surface area contributed by atoms with E-state index >= 15 is 0 Å². The SMILES string of the molecule is C#CC(C)NCC(C)(O)C(C)C. The first-order valence-electron chi connectivity index (χ1n) is 4.32. The molecule has 0 radical (unpaired) electrons. The fourth-order valence-corrected chi connectivity index (χ4v) is 0.623. The highest BCUT2D eigenvalue weighted by atomic mass is 16.3. The van der Waals surface area contributed by atoms with Crippen molar-refractivity contribution in [1.82, 2.24) is 5.32 Å². The maximum Gasteiger partial charge on any atom is 0.0766 e. The molecule has 0 aliphatic rings. The molecule has 0 saturated carbocycles. The average molecular weight is 169 g/mol. The maximum absolute atomic E-state index is 9.81. The highest BCUT2D eigenvalue weighted by Crippen LogP contribution is 2.14. The zero-order valence-corrected chi connectivity index (χ0v) is 8.39. The first kappa shape index (κ1) is 11.5. The van der Waals surface area contributed by atoms with Gasteiger partial charge in [0.05, 0.1) is 11.6 Å². The highest BCUT2D eigenvalue weighted by Gasteiger charge is 2.24. The van der Waals surface area contributed by atoms with Crippen molar-refractivity contribution in [3.8, 4) is 12.3 Å². The monoisotopic (exact) mass is 169 g/mol. The van der Waals surface area contributed by atoms with Gasteiger partial charge < -0.3 is 10.4 Å². The van der Waals surface area contributed by atoms with E-state index < -0.39 is 5.60 Å². The Bertz CT molecular complexity index is 167. The first-order valence-corrected chi connectivity index (χ1v) is 4.32. The minimum absolute atomic E-state index is 0.0234. The van der Waals surface area contributed by atoms with Crippen molar-refractivity contribution in [2.24, 2.45) is 5.92 Å². The lowest BCUT2D eigenvalue weighted by Gasteiger charge is -2.28. The molecule has 2 heteroatoms. The number of aliphatic hydroxyl groups is 1. The molecule has 0 heterocycles. The van der Waals surface area contributed by atoms with Crippen LogP contribution < -0.4 is 5.32 Å². The van der Waals surface area contributed by atoms with Crippen molar-refractivity contribution in [3.63, 3.8) is 0 Å². The molecule has 0 saturated heterocycles. The fraction of sp³-hybridized carbons (Fsp3) is 0.800. The van der Waals surface area contributed by atoms with Crippen molar-refractivity contribution in [2.45, 2.75) is 39.3 Å². The van der Waals surface area contributed by atoms with E-state index in [-0.39, 0.29) is 12.0 Å². The van der Waals surface area contributed by atoms with Gasteiger partial charge in [-0.15, -0.1) is 6.42 Å². The van der Waals surface area contributed by atoms with E-state index in [0.717, 1.165) is 0 Å². The molecule has 0 aliphatic carbocycles. The largest absolute Gasteiger partial charge is 0.389 e. The predicted molar refractivity (Wildman–Crippen MR) is 51.8 cm³/mol. The number of terminal acetylenes is 1. The summed E-state index contributed by atoms with van der Waals surface area (Å²) in [5, 5.41) is 12.9. The highest BCUT2D eigenvalue weighted by molar-refractivity contribution is 4.97. The summed E-state index contributed by atoms with van der Waals surface area (Å²) in [7, 11) is 0. The van der Waals surface area contributed by atoms with Crippen molar-refractivity contribution in [2.75, 3.05) is 6.54 Å². The zero-order valence-electron chi connectivity index (χ0n) is 8.39. The van der Waals surface area contributed by atoms with Crippen LogP contribution in [-0.2, 0) is 0 Å². The summed E-state index contributed by atoms with van der Waals surface area (Å²) in [5.74, 6) is 2.79. The predicted octanol–water partition coefficient (Wildman–Crippen LogP) is 1.00. The lowest BCUT2D eigenvalue weighted by molar-refractivity contribution is 0.0135. The third kappa shape index (κ3) is 3.75. The molecule has 0 bridgehead atoms. The third-order valence-corrected chi connectivity index (χ3v) is 2.26. The van der Waals surface area contributed by atoms with Crippen LogP contribution in [0.15, 0.2) is 0 Å². The van der Waals surface area contributed by atoms with Crippen LogP contribution in [0.4, 0.5) is 0 Å². The standard InChI is InChI=1S/C10H19NO/c1-6-9(4)11-7-10(5,12)8(2)3/h1,8-9,11-12H,7H2,2-5H3. The molecule has 2 atom stereocenters. The van der Waals surface area contributed by atoms with E-state index in [1.54, 1.807) is 0 Å². The van der Waals surface area contributed by atoms with Gasteiger partial charge in [0, 0.05) is 6.54 Å². The van der Waals surface area contributed by atoms with Crippen molar-refractivity contribution in [1.29, 1.82) is 0 Å². The van der Waals surface area contributed by atoms with Crippen LogP contribution in [0.1, 0.15) is 27.7 Å². The Labute approximate surface area is 75.4 Å². The Morgan fingerprint density at radius 3 is 2.33 bits per heavy atom. The maximum atomic E-state index is 9.81.